The molecule has 0 unspecified atom stereocenters. The summed E-state index contributed by atoms with van der Waals surface area (Å²) >= 11 is 0. The summed E-state index contributed by atoms with van der Waals surface area (Å²) in [4.78, 5) is 25.0. The van der Waals surface area contributed by atoms with Gasteiger partial charge in [-0.1, -0.05) is 0 Å². The summed E-state index contributed by atoms with van der Waals surface area (Å²) in [5.41, 5.74) is 7.23. The maximum atomic E-state index is 11.8. The van der Waals surface area contributed by atoms with Gasteiger partial charge in [-0.15, -0.1) is 0 Å². The highest BCUT2D eigenvalue weighted by Gasteiger charge is 2.27. The number of carbonyl (C=O) groups excluding carboxylic acids is 2. The van der Waals surface area contributed by atoms with E-state index in [1.165, 1.54) is 12.0 Å². The van der Waals surface area contributed by atoms with Crippen LogP contribution in [0.15, 0.2) is 12.1 Å². The first kappa shape index (κ1) is 13.4. The van der Waals surface area contributed by atoms with Gasteiger partial charge in [-0.3, -0.25) is 4.79 Å². The topological polar surface area (TPSA) is 81.9 Å². The van der Waals surface area contributed by atoms with E-state index in [1.807, 2.05) is 0 Å². The minimum Gasteiger partial charge on any atom is -0.482 e. The summed E-state index contributed by atoms with van der Waals surface area (Å²) in [6.07, 6.45) is 0. The van der Waals surface area contributed by atoms with Crippen molar-refractivity contribution in [2.75, 3.05) is 31.7 Å². The monoisotopic (exact) mass is 264 g/mol. The van der Waals surface area contributed by atoms with E-state index in [0.717, 1.165) is 5.56 Å². The third kappa shape index (κ3) is 2.39. The fourth-order valence-corrected chi connectivity index (χ4v) is 2.05. The van der Waals surface area contributed by atoms with Gasteiger partial charge >= 0.3 is 5.97 Å². The molecular weight excluding hydrogens is 248 g/mol. The number of esters is 1. The van der Waals surface area contributed by atoms with Crippen molar-refractivity contribution in [2.24, 2.45) is 5.73 Å². The van der Waals surface area contributed by atoms with Crippen molar-refractivity contribution < 1.29 is 19.1 Å². The van der Waals surface area contributed by atoms with Crippen LogP contribution in [0.25, 0.3) is 0 Å². The molecule has 1 aromatic carbocycles. The van der Waals surface area contributed by atoms with Crippen molar-refractivity contribution in [3.05, 3.63) is 23.3 Å². The highest BCUT2D eigenvalue weighted by molar-refractivity contribution is 6.00. The first-order chi connectivity index (χ1) is 9.08. The predicted molar refractivity (Wildman–Crippen MR) is 69.4 cm³/mol. The van der Waals surface area contributed by atoms with Gasteiger partial charge in [-0.2, -0.15) is 0 Å². The summed E-state index contributed by atoms with van der Waals surface area (Å²) in [5, 5.41) is 0. The quantitative estimate of drug-likeness (QED) is 0.802. The lowest BCUT2D eigenvalue weighted by Gasteiger charge is -2.29. The van der Waals surface area contributed by atoms with E-state index < -0.39 is 5.97 Å². The second-order valence-electron chi connectivity index (χ2n) is 4.25. The van der Waals surface area contributed by atoms with E-state index in [-0.39, 0.29) is 12.5 Å². The molecule has 1 amide bonds. The number of methoxy groups -OCH3 is 1. The minimum absolute atomic E-state index is 0.00991. The van der Waals surface area contributed by atoms with E-state index >= 15 is 0 Å². The molecule has 1 aliphatic heterocycles. The standard InChI is InChI=1S/C13H16N2O4/c1-8-5-11-10(6-9(8)13(17)18-2)15(4-3-14)12(16)7-19-11/h5-6H,3-4,7,14H2,1-2H3. The Balaban J connectivity index is 2.50. The fourth-order valence-electron chi connectivity index (χ4n) is 2.05. The third-order valence-electron chi connectivity index (χ3n) is 3.01. The summed E-state index contributed by atoms with van der Waals surface area (Å²) in [5.74, 6) is -0.0261. The van der Waals surface area contributed by atoms with Gasteiger partial charge in [-0.05, 0) is 24.6 Å². The van der Waals surface area contributed by atoms with Gasteiger partial charge in [-0.25, -0.2) is 4.79 Å². The lowest BCUT2D eigenvalue weighted by molar-refractivity contribution is -0.121. The zero-order valence-electron chi connectivity index (χ0n) is 10.9. The van der Waals surface area contributed by atoms with Crippen molar-refractivity contribution >= 4 is 17.6 Å². The molecule has 0 bridgehead atoms. The average molecular weight is 264 g/mol. The van der Waals surface area contributed by atoms with Gasteiger partial charge in [0, 0.05) is 13.1 Å². The van der Waals surface area contributed by atoms with Crippen LogP contribution in [0.5, 0.6) is 5.75 Å². The number of ether oxygens (including phenoxy) is 2. The van der Waals surface area contributed by atoms with E-state index in [1.54, 1.807) is 19.1 Å². The number of nitrogens with zero attached hydrogens (tertiary/aromatic N) is 1. The Morgan fingerprint density at radius 1 is 1.53 bits per heavy atom. The molecule has 6 heteroatoms. The van der Waals surface area contributed by atoms with Crippen molar-refractivity contribution in [2.45, 2.75) is 6.92 Å². The van der Waals surface area contributed by atoms with Crippen LogP contribution in [0.4, 0.5) is 5.69 Å². The molecule has 0 saturated heterocycles. The Hall–Kier alpha value is -2.08. The Morgan fingerprint density at radius 3 is 2.89 bits per heavy atom. The molecule has 0 saturated carbocycles. The molecule has 0 spiro atoms. The smallest absolute Gasteiger partial charge is 0.338 e. The van der Waals surface area contributed by atoms with Crippen LogP contribution in [0.3, 0.4) is 0 Å². The Labute approximate surface area is 111 Å². The molecule has 1 aliphatic rings. The zero-order valence-corrected chi connectivity index (χ0v) is 10.9. The number of carbonyl (C=O) groups is 2. The second kappa shape index (κ2) is 5.27. The van der Waals surface area contributed by atoms with Crippen LogP contribution in [-0.4, -0.2) is 38.7 Å². The molecule has 2 N–H and O–H groups in total. The zero-order chi connectivity index (χ0) is 14.0. The first-order valence-corrected chi connectivity index (χ1v) is 5.94. The molecule has 1 heterocycles. The van der Waals surface area contributed by atoms with Gasteiger partial charge < -0.3 is 20.1 Å². The maximum Gasteiger partial charge on any atom is 0.338 e. The van der Waals surface area contributed by atoms with Gasteiger partial charge in [0.15, 0.2) is 6.61 Å². The van der Waals surface area contributed by atoms with E-state index in [2.05, 4.69) is 0 Å². The van der Waals surface area contributed by atoms with Gasteiger partial charge in [0.25, 0.3) is 5.91 Å². The van der Waals surface area contributed by atoms with Crippen LogP contribution >= 0.6 is 0 Å². The fraction of sp³-hybridized carbons (Fsp3) is 0.385. The minimum atomic E-state index is -0.439. The van der Waals surface area contributed by atoms with E-state index in [4.69, 9.17) is 15.2 Å². The largest absolute Gasteiger partial charge is 0.482 e. The summed E-state index contributed by atoms with van der Waals surface area (Å²) in [7, 11) is 1.32. The molecule has 0 radical (unpaired) electrons. The van der Waals surface area contributed by atoms with Crippen LogP contribution in [0.1, 0.15) is 15.9 Å². The third-order valence-corrected chi connectivity index (χ3v) is 3.01. The molecule has 1 aromatic rings. The Morgan fingerprint density at radius 2 is 2.26 bits per heavy atom. The molecule has 6 nitrogen and oxygen atoms in total. The highest BCUT2D eigenvalue weighted by Crippen LogP contribution is 2.34. The lowest BCUT2D eigenvalue weighted by atomic mass is 10.1. The molecule has 0 aliphatic carbocycles. The van der Waals surface area contributed by atoms with Crippen molar-refractivity contribution in [1.29, 1.82) is 0 Å². The summed E-state index contributed by atoms with van der Waals surface area (Å²) in [6, 6.07) is 3.35. The number of hydrogen-bond donors (Lipinski definition) is 1. The number of benzene rings is 1. The van der Waals surface area contributed by atoms with Gasteiger partial charge in [0.1, 0.15) is 5.75 Å². The van der Waals surface area contributed by atoms with Crippen molar-refractivity contribution in [3.63, 3.8) is 0 Å². The molecule has 2 rings (SSSR count). The van der Waals surface area contributed by atoms with Crippen molar-refractivity contribution in [1.82, 2.24) is 0 Å². The van der Waals surface area contributed by atoms with Crippen LogP contribution in [0, 0.1) is 6.92 Å². The molecule has 102 valence electrons. The molecule has 0 atom stereocenters. The molecule has 0 fully saturated rings. The van der Waals surface area contributed by atoms with Gasteiger partial charge in [0.2, 0.25) is 0 Å². The van der Waals surface area contributed by atoms with Gasteiger partial charge in [0.05, 0.1) is 18.4 Å². The molecule has 19 heavy (non-hydrogen) atoms. The normalized spacial score (nSPS) is 13.8. The average Bonchev–Trinajstić information content (AvgIpc) is 2.41. The number of hydrogen-bond acceptors (Lipinski definition) is 5. The van der Waals surface area contributed by atoms with Crippen molar-refractivity contribution in [3.8, 4) is 5.75 Å². The lowest BCUT2D eigenvalue weighted by Crippen LogP contribution is -2.41. The van der Waals surface area contributed by atoms with Crippen LogP contribution in [-0.2, 0) is 9.53 Å². The first-order valence-electron chi connectivity index (χ1n) is 5.94. The maximum absolute atomic E-state index is 11.8. The molecule has 0 aromatic heterocycles. The number of rotatable bonds is 3. The van der Waals surface area contributed by atoms with Crippen LogP contribution < -0.4 is 15.4 Å². The second-order valence-corrected chi connectivity index (χ2v) is 4.25. The number of anilines is 1. The summed E-state index contributed by atoms with van der Waals surface area (Å²) in [6.45, 7) is 2.51. The van der Waals surface area contributed by atoms with E-state index in [0.29, 0.717) is 30.1 Å². The number of aryl methyl sites for hydroxylation is 1. The molecular formula is C13H16N2O4. The number of amides is 1. The predicted octanol–water partition coefficient (Wildman–Crippen LogP) is 0.466. The highest BCUT2D eigenvalue weighted by atomic mass is 16.5. The van der Waals surface area contributed by atoms with E-state index in [9.17, 15) is 9.59 Å². The van der Waals surface area contributed by atoms with Crippen LogP contribution in [0.2, 0.25) is 0 Å². The SMILES string of the molecule is COC(=O)c1cc2c(cc1C)OCC(=O)N2CCN. The Kier molecular flexibility index (Phi) is 3.71. The number of nitrogens with two attached hydrogens (primary N) is 1. The number of fused-ring (bicyclic) bond motifs is 1. The Bertz CT molecular complexity index is 528. The summed E-state index contributed by atoms with van der Waals surface area (Å²) < 4.78 is 10.1.